The summed E-state index contributed by atoms with van der Waals surface area (Å²) in [4.78, 5) is 19.7. The Hall–Kier alpha value is -3.08. The molecule has 5 heteroatoms. The van der Waals surface area contributed by atoms with Crippen LogP contribution in [0.1, 0.15) is 68.1 Å². The van der Waals surface area contributed by atoms with E-state index < -0.39 is 0 Å². The number of carbonyl (C=O) groups is 1. The normalized spacial score (nSPS) is 18.5. The van der Waals surface area contributed by atoms with Gasteiger partial charge in [0.25, 0.3) is 5.91 Å². The fourth-order valence-corrected chi connectivity index (χ4v) is 4.62. The molecule has 1 fully saturated rings. The second-order valence-electron chi connectivity index (χ2n) is 10.9. The highest BCUT2D eigenvalue weighted by Crippen LogP contribution is 2.32. The molecule has 0 spiro atoms. The summed E-state index contributed by atoms with van der Waals surface area (Å²) in [6.07, 6.45) is 4.02. The molecule has 5 nitrogen and oxygen atoms in total. The number of fused-ring (bicyclic) bond motifs is 1. The van der Waals surface area contributed by atoms with Gasteiger partial charge in [0, 0.05) is 59.6 Å². The van der Waals surface area contributed by atoms with E-state index in [-0.39, 0.29) is 17.4 Å². The van der Waals surface area contributed by atoms with Crippen LogP contribution in [0.15, 0.2) is 48.5 Å². The van der Waals surface area contributed by atoms with Crippen LogP contribution in [0, 0.1) is 6.92 Å². The van der Waals surface area contributed by atoms with E-state index in [2.05, 4.69) is 62.6 Å². The van der Waals surface area contributed by atoms with Crippen LogP contribution in [-0.2, 0) is 5.41 Å². The first-order valence-corrected chi connectivity index (χ1v) is 12.4. The zero-order valence-corrected chi connectivity index (χ0v) is 21.4. The number of hydrogen-bond acceptors (Lipinski definition) is 4. The maximum absolute atomic E-state index is 12.7. The summed E-state index contributed by atoms with van der Waals surface area (Å²) in [7, 11) is 4.00. The fourth-order valence-electron chi connectivity index (χ4n) is 4.62. The molecular formula is C29H38N4O. The molecule has 2 N–H and O–H groups in total. The molecule has 0 bridgehead atoms. The van der Waals surface area contributed by atoms with Crippen molar-refractivity contribution in [2.45, 2.75) is 70.9 Å². The number of benzene rings is 2. The van der Waals surface area contributed by atoms with Crippen LogP contribution in [-0.4, -0.2) is 37.1 Å². The minimum atomic E-state index is -0.0117. The summed E-state index contributed by atoms with van der Waals surface area (Å²) in [5, 5.41) is 8.26. The first-order chi connectivity index (χ1) is 16.1. The molecule has 1 aromatic heterocycles. The molecule has 1 aliphatic carbocycles. The number of anilines is 2. The summed E-state index contributed by atoms with van der Waals surface area (Å²) in [5.41, 5.74) is 6.37. The van der Waals surface area contributed by atoms with Crippen molar-refractivity contribution in [3.05, 3.63) is 65.4 Å². The number of pyridine rings is 1. The molecule has 0 radical (unpaired) electrons. The lowest BCUT2D eigenvalue weighted by Crippen LogP contribution is -2.40. The third kappa shape index (κ3) is 5.52. The summed E-state index contributed by atoms with van der Waals surface area (Å²) in [6.45, 7) is 8.76. The van der Waals surface area contributed by atoms with Crippen molar-refractivity contribution in [2.24, 2.45) is 0 Å². The van der Waals surface area contributed by atoms with Gasteiger partial charge in [-0.25, -0.2) is 0 Å². The summed E-state index contributed by atoms with van der Waals surface area (Å²) < 4.78 is 0. The fraction of sp³-hybridized carbons (Fsp3) is 0.448. The number of nitrogens with one attached hydrogen (secondary N) is 2. The topological polar surface area (TPSA) is 57.3 Å². The zero-order chi connectivity index (χ0) is 24.5. The van der Waals surface area contributed by atoms with E-state index >= 15 is 0 Å². The minimum absolute atomic E-state index is 0.0117. The van der Waals surface area contributed by atoms with Gasteiger partial charge in [-0.15, -0.1) is 0 Å². The van der Waals surface area contributed by atoms with Crippen LogP contribution in [0.25, 0.3) is 10.9 Å². The van der Waals surface area contributed by atoms with Crippen LogP contribution in [0.4, 0.5) is 11.4 Å². The highest BCUT2D eigenvalue weighted by atomic mass is 16.1. The molecule has 0 aliphatic heterocycles. The molecule has 2 aromatic carbocycles. The molecule has 0 atom stereocenters. The Balaban J connectivity index is 1.41. The van der Waals surface area contributed by atoms with E-state index in [9.17, 15) is 4.79 Å². The Morgan fingerprint density at radius 1 is 0.941 bits per heavy atom. The number of carbonyl (C=O) groups excluding carboxylic acids is 1. The Morgan fingerprint density at radius 2 is 1.59 bits per heavy atom. The van der Waals surface area contributed by atoms with Crippen molar-refractivity contribution >= 4 is 28.2 Å². The van der Waals surface area contributed by atoms with E-state index in [4.69, 9.17) is 4.98 Å². The monoisotopic (exact) mass is 458 g/mol. The molecule has 1 heterocycles. The summed E-state index contributed by atoms with van der Waals surface area (Å²) >= 11 is 0. The van der Waals surface area contributed by atoms with Gasteiger partial charge in [-0.3, -0.25) is 9.78 Å². The maximum atomic E-state index is 12.7. The lowest BCUT2D eigenvalue weighted by Gasteiger charge is -2.31. The quantitative estimate of drug-likeness (QED) is 0.488. The summed E-state index contributed by atoms with van der Waals surface area (Å²) in [5.74, 6) is 0.0205. The van der Waals surface area contributed by atoms with Gasteiger partial charge < -0.3 is 15.5 Å². The van der Waals surface area contributed by atoms with Gasteiger partial charge in [0.05, 0.1) is 5.52 Å². The molecule has 4 rings (SSSR count). The molecular weight excluding hydrogens is 420 g/mol. The number of nitrogens with zero attached hydrogens (tertiary/aromatic N) is 2. The van der Waals surface area contributed by atoms with Gasteiger partial charge in [-0.1, -0.05) is 32.4 Å². The van der Waals surface area contributed by atoms with Crippen molar-refractivity contribution < 1.29 is 4.79 Å². The van der Waals surface area contributed by atoms with Crippen LogP contribution in [0.3, 0.4) is 0 Å². The molecule has 0 unspecified atom stereocenters. The number of rotatable bonds is 5. The average Bonchev–Trinajstić information content (AvgIpc) is 2.80. The van der Waals surface area contributed by atoms with Gasteiger partial charge in [-0.2, -0.15) is 0 Å². The largest absolute Gasteiger partial charge is 0.382 e. The average molecular weight is 459 g/mol. The van der Waals surface area contributed by atoms with Gasteiger partial charge >= 0.3 is 0 Å². The van der Waals surface area contributed by atoms with Crippen LogP contribution in [0.5, 0.6) is 0 Å². The molecule has 1 saturated carbocycles. The van der Waals surface area contributed by atoms with Crippen molar-refractivity contribution in [2.75, 3.05) is 24.3 Å². The Kier molecular flexibility index (Phi) is 6.83. The SMILES string of the molecule is Cc1ccc2nc(C(C)(C)C)cc(NC3CCC(NC(=O)c4ccc(N(C)C)cc4)CC3)c2c1. The van der Waals surface area contributed by atoms with Crippen LogP contribution >= 0.6 is 0 Å². The third-order valence-corrected chi connectivity index (χ3v) is 6.80. The number of hydrogen-bond donors (Lipinski definition) is 2. The number of aromatic nitrogens is 1. The van der Waals surface area contributed by atoms with Gasteiger partial charge in [0.1, 0.15) is 0 Å². The molecule has 180 valence electrons. The van der Waals surface area contributed by atoms with Crippen LogP contribution in [0.2, 0.25) is 0 Å². The van der Waals surface area contributed by atoms with Gasteiger partial charge in [0.2, 0.25) is 0 Å². The van der Waals surface area contributed by atoms with Gasteiger partial charge in [-0.05, 0) is 75.1 Å². The van der Waals surface area contributed by atoms with Crippen molar-refractivity contribution in [1.29, 1.82) is 0 Å². The molecule has 34 heavy (non-hydrogen) atoms. The van der Waals surface area contributed by atoms with E-state index in [1.54, 1.807) is 0 Å². The third-order valence-electron chi connectivity index (χ3n) is 6.80. The second-order valence-corrected chi connectivity index (χ2v) is 10.9. The maximum Gasteiger partial charge on any atom is 0.251 e. The molecule has 0 saturated heterocycles. The van der Waals surface area contributed by atoms with E-state index in [0.29, 0.717) is 6.04 Å². The molecule has 1 aliphatic rings. The van der Waals surface area contributed by atoms with Crippen molar-refractivity contribution in [3.8, 4) is 0 Å². The predicted octanol–water partition coefficient (Wildman–Crippen LogP) is 6.06. The first kappa shape index (κ1) is 24.1. The highest BCUT2D eigenvalue weighted by Gasteiger charge is 2.24. The second kappa shape index (κ2) is 9.65. The molecule has 3 aromatic rings. The first-order valence-electron chi connectivity index (χ1n) is 12.4. The van der Waals surface area contributed by atoms with E-state index in [1.807, 2.05) is 43.3 Å². The molecule has 1 amide bonds. The van der Waals surface area contributed by atoms with Gasteiger partial charge in [0.15, 0.2) is 0 Å². The van der Waals surface area contributed by atoms with Crippen molar-refractivity contribution in [1.82, 2.24) is 10.3 Å². The van der Waals surface area contributed by atoms with E-state index in [1.165, 1.54) is 16.6 Å². The zero-order valence-electron chi connectivity index (χ0n) is 21.4. The van der Waals surface area contributed by atoms with Crippen molar-refractivity contribution in [3.63, 3.8) is 0 Å². The number of aryl methyl sites for hydroxylation is 1. The standard InChI is InChI=1S/C29H38N4O/c1-19-7-16-25-24(17-19)26(18-27(32-25)29(2,3)4)30-21-10-12-22(13-11-21)31-28(34)20-8-14-23(15-9-20)33(5)6/h7-9,14-18,21-22H,10-13H2,1-6H3,(H,30,32)(H,31,34). The predicted molar refractivity (Wildman–Crippen MR) is 143 cm³/mol. The Labute approximate surface area is 204 Å². The van der Waals surface area contributed by atoms with E-state index in [0.717, 1.165) is 48.1 Å². The summed E-state index contributed by atoms with van der Waals surface area (Å²) in [6, 6.07) is 17.1. The lowest BCUT2D eigenvalue weighted by atomic mass is 9.89. The minimum Gasteiger partial charge on any atom is -0.382 e. The Bertz CT molecular complexity index is 1150. The number of amides is 1. The van der Waals surface area contributed by atoms with Crippen LogP contribution < -0.4 is 15.5 Å². The lowest BCUT2D eigenvalue weighted by molar-refractivity contribution is 0.0926. The smallest absolute Gasteiger partial charge is 0.251 e. The highest BCUT2D eigenvalue weighted by molar-refractivity contribution is 5.95. The Morgan fingerprint density at radius 3 is 2.21 bits per heavy atom.